The standard InChI is InChI=1S/2C27H32N2O5.Mg/c2*1-16-11-12-19-18-8-3-2-4-10-23(32)28-14-13-22(31)25-26(33)24(27(34)29-25)21(30)9-6-5-7-17(18)15-20(16)19;/h2-5,7,10-12,17-20,22,27,31,33-34H,1,6,8-9,13-15H2,(H,28,32);2-5,7,10-12,17-20,22,25,31,33H,1,6,8-9,13-15H2,(H,28,32)(H,29,34);/q;;+2/p-2/b3-2-,7-5+,10-4+;3-2-,7-5-,10-4-;/t17-,18+,19-,20-,22?,27?;17-,18+,19-,20-,22?,25?;/m11./s1. The van der Waals surface area contributed by atoms with Gasteiger partial charge in [0.05, 0.1) is 29.5 Å². The zero-order valence-corrected chi connectivity index (χ0v) is 40.3. The van der Waals surface area contributed by atoms with Crippen LogP contribution in [0, 0.1) is 47.3 Å². The minimum Gasteiger partial charge on any atom is -0.873 e. The molecule has 360 valence electrons. The molecule has 8 rings (SSSR count). The van der Waals surface area contributed by atoms with E-state index >= 15 is 0 Å². The first-order chi connectivity index (χ1) is 32.7. The fourth-order valence-electron chi connectivity index (χ4n) is 10.9. The number of allylic oxidation sites excluding steroid dienone is 16. The third-order valence-electron chi connectivity index (χ3n) is 14.5. The predicted molar refractivity (Wildman–Crippen MR) is 259 cm³/mol. The van der Waals surface area contributed by atoms with Gasteiger partial charge in [-0.2, -0.15) is 0 Å². The van der Waals surface area contributed by atoms with Gasteiger partial charge in [-0.1, -0.05) is 121 Å². The van der Waals surface area contributed by atoms with Crippen molar-refractivity contribution in [3.8, 4) is 0 Å². The topological polar surface area (TPSA) is 241 Å². The number of aliphatic hydroxyl groups is 3. The number of fused-ring (bicyclic) bond motifs is 8. The van der Waals surface area contributed by atoms with Crippen LogP contribution in [0.5, 0.6) is 0 Å². The van der Waals surface area contributed by atoms with Crippen LogP contribution in [0.4, 0.5) is 0 Å². The Balaban J connectivity index is 0.000000224. The van der Waals surface area contributed by atoms with Crippen molar-refractivity contribution >= 4 is 58.1 Å². The number of Topliss-reactive ketones (excluding diaryl/α,β-unsaturated/α-hetero) is 2. The van der Waals surface area contributed by atoms with Crippen molar-refractivity contribution in [3.05, 3.63) is 144 Å². The van der Waals surface area contributed by atoms with Gasteiger partial charge in [0.25, 0.3) is 5.91 Å². The Morgan fingerprint density at radius 2 is 1.17 bits per heavy atom. The first-order valence-electron chi connectivity index (χ1n) is 23.8. The number of carbonyl (C=O) groups is 5. The zero-order chi connectivity index (χ0) is 48.5. The third kappa shape index (κ3) is 12.7. The number of ketones is 2. The summed E-state index contributed by atoms with van der Waals surface area (Å²) in [6.07, 6.45) is 32.0. The predicted octanol–water partition coefficient (Wildman–Crippen LogP) is 2.66. The average Bonchev–Trinajstić information content (AvgIpc) is 4.14. The van der Waals surface area contributed by atoms with Crippen LogP contribution < -0.4 is 26.2 Å². The van der Waals surface area contributed by atoms with Crippen LogP contribution in [-0.4, -0.2) is 111 Å². The Morgan fingerprint density at radius 3 is 1.72 bits per heavy atom. The van der Waals surface area contributed by atoms with E-state index in [9.17, 15) is 49.5 Å². The molecule has 6 N–H and O–H groups in total. The Hall–Kier alpha value is -5.45. The van der Waals surface area contributed by atoms with Gasteiger partial charge in [-0.3, -0.25) is 29.0 Å². The summed E-state index contributed by atoms with van der Waals surface area (Å²) in [6.45, 7) is 8.63. The van der Waals surface area contributed by atoms with E-state index in [0.29, 0.717) is 60.2 Å². The molecule has 2 fully saturated rings. The summed E-state index contributed by atoms with van der Waals surface area (Å²) >= 11 is 0. The van der Waals surface area contributed by atoms with Crippen LogP contribution in [0.3, 0.4) is 0 Å². The van der Waals surface area contributed by atoms with Crippen LogP contribution in [-0.2, 0) is 24.0 Å². The van der Waals surface area contributed by atoms with Gasteiger partial charge in [0.15, 0.2) is 17.8 Å². The molecule has 8 aliphatic rings. The number of aliphatic imine (C=N–C) groups is 1. The van der Waals surface area contributed by atoms with Crippen molar-refractivity contribution in [1.82, 2.24) is 16.0 Å². The van der Waals surface area contributed by atoms with Gasteiger partial charge in [-0.25, -0.2) is 0 Å². The monoisotopic (exact) mass is 950 g/mol. The van der Waals surface area contributed by atoms with Gasteiger partial charge in [0.1, 0.15) is 0 Å². The van der Waals surface area contributed by atoms with E-state index in [1.807, 2.05) is 24.3 Å². The normalized spacial score (nSPS) is 37.0. The van der Waals surface area contributed by atoms with E-state index in [1.54, 1.807) is 12.2 Å². The largest absolute Gasteiger partial charge is 2.00 e. The third-order valence-corrected chi connectivity index (χ3v) is 14.5. The van der Waals surface area contributed by atoms with Crippen LogP contribution in [0.25, 0.3) is 0 Å². The summed E-state index contributed by atoms with van der Waals surface area (Å²) in [4.78, 5) is 65.4. The van der Waals surface area contributed by atoms with Crippen LogP contribution >= 0.6 is 0 Å². The van der Waals surface area contributed by atoms with E-state index in [1.165, 1.54) is 12.2 Å². The first kappa shape index (κ1) is 52.9. The summed E-state index contributed by atoms with van der Waals surface area (Å²) in [6, 6.07) is -1.16. The van der Waals surface area contributed by atoms with Crippen molar-refractivity contribution < 1.29 is 49.5 Å². The summed E-state index contributed by atoms with van der Waals surface area (Å²) < 4.78 is 0. The molecule has 14 nitrogen and oxygen atoms in total. The number of nitrogens with zero attached hydrogens (tertiary/aromatic N) is 1. The molecule has 4 aliphatic heterocycles. The van der Waals surface area contributed by atoms with E-state index in [0.717, 1.165) is 36.8 Å². The molecule has 12 atom stereocenters. The second-order valence-corrected chi connectivity index (χ2v) is 18.8. The first-order valence-corrected chi connectivity index (χ1v) is 23.8. The Morgan fingerprint density at radius 1 is 0.652 bits per heavy atom. The van der Waals surface area contributed by atoms with E-state index in [4.69, 9.17) is 0 Å². The maximum absolute atomic E-state index is 12.6. The molecular formula is C54H62MgN4O10. The van der Waals surface area contributed by atoms with Crippen molar-refractivity contribution in [2.75, 3.05) is 13.1 Å². The van der Waals surface area contributed by atoms with Crippen molar-refractivity contribution in [3.63, 3.8) is 0 Å². The molecule has 4 heterocycles. The molecule has 3 amide bonds. The van der Waals surface area contributed by atoms with Gasteiger partial charge < -0.3 is 41.5 Å². The second-order valence-electron chi connectivity index (χ2n) is 18.8. The summed E-state index contributed by atoms with van der Waals surface area (Å²) in [5, 5.41) is 63.8. The van der Waals surface area contributed by atoms with Crippen molar-refractivity contribution in [2.45, 2.75) is 88.7 Å². The van der Waals surface area contributed by atoms with E-state index < -0.39 is 59.0 Å². The van der Waals surface area contributed by atoms with Gasteiger partial charge in [-0.05, 0) is 98.7 Å². The molecule has 15 heteroatoms. The molecule has 4 unspecified atom stereocenters. The van der Waals surface area contributed by atoms with Crippen molar-refractivity contribution in [2.24, 2.45) is 52.3 Å². The van der Waals surface area contributed by atoms with E-state index in [2.05, 4.69) is 82.7 Å². The number of amides is 3. The number of hydrogen-bond acceptors (Lipinski definition) is 11. The van der Waals surface area contributed by atoms with E-state index in [-0.39, 0.29) is 84.9 Å². The van der Waals surface area contributed by atoms with Gasteiger partial charge in [0.2, 0.25) is 11.8 Å². The minimum absolute atomic E-state index is 0. The molecule has 4 aliphatic carbocycles. The van der Waals surface area contributed by atoms with Gasteiger partial charge in [0, 0.05) is 43.7 Å². The molecule has 0 aromatic heterocycles. The number of hydrogen-bond donors (Lipinski definition) is 6. The molecule has 0 spiro atoms. The minimum atomic E-state index is -1.55. The molecule has 2 saturated carbocycles. The number of nitrogens with one attached hydrogen (secondary N) is 3. The number of aliphatic hydroxyl groups excluding tert-OH is 3. The summed E-state index contributed by atoms with van der Waals surface area (Å²) in [5.74, 6) is -0.523. The van der Waals surface area contributed by atoms with Crippen molar-refractivity contribution in [1.29, 1.82) is 0 Å². The Bertz CT molecular complexity index is 2380. The number of rotatable bonds is 0. The van der Waals surface area contributed by atoms with Crippen LogP contribution in [0.1, 0.15) is 64.2 Å². The summed E-state index contributed by atoms with van der Waals surface area (Å²) in [5.41, 5.74) is 1.41. The van der Waals surface area contributed by atoms with Gasteiger partial charge >= 0.3 is 23.1 Å². The molecule has 0 aromatic carbocycles. The Kier molecular flexibility index (Phi) is 18.7. The zero-order valence-electron chi connectivity index (χ0n) is 38.9. The SMILES string of the molecule is C=C1C=C[C@@H]2[C@H]3C/C=C\C=C/C(=O)NCCC(O)C4NC(=O)C(=C4[O-])C(=O)CC/C=C\[C@@H]3C[C@H]12.C=C1C=C[C@@H]2[C@H]3C/C=C\C=C\C(=O)NCCC(O)C4=NC(O)C(=C4[O-])C(=O)CC/C=C/[C@@H]3C[C@H]12.[Mg+2]. The van der Waals surface area contributed by atoms with Crippen LogP contribution in [0.2, 0.25) is 0 Å². The van der Waals surface area contributed by atoms with Crippen LogP contribution in [0.15, 0.2) is 149 Å². The maximum atomic E-state index is 12.6. The quantitative estimate of drug-likeness (QED) is 0.118. The Labute approximate surface area is 419 Å². The average molecular weight is 951 g/mol. The number of carbonyl (C=O) groups excluding carboxylic acids is 5. The second kappa shape index (κ2) is 24.4. The molecule has 0 aromatic rings. The fourth-order valence-corrected chi connectivity index (χ4v) is 10.9. The smallest absolute Gasteiger partial charge is 0.873 e. The molecule has 0 saturated heterocycles. The fraction of sp³-hybridized carbons (Fsp3) is 0.444. The molecule has 4 bridgehead atoms. The molecular weight excluding hydrogens is 889 g/mol. The molecule has 69 heavy (non-hydrogen) atoms. The maximum Gasteiger partial charge on any atom is 2.00 e. The van der Waals surface area contributed by atoms with Gasteiger partial charge in [-0.15, -0.1) is 0 Å². The molecule has 0 radical (unpaired) electrons. The summed E-state index contributed by atoms with van der Waals surface area (Å²) in [7, 11) is 0.